The molecule has 0 bridgehead atoms. The Morgan fingerprint density at radius 3 is 2.00 bits per heavy atom. The van der Waals surface area contributed by atoms with Gasteiger partial charge in [-0.25, -0.2) is 0 Å². The minimum absolute atomic E-state index is 0.197. The Bertz CT molecular complexity index is 137. The van der Waals surface area contributed by atoms with Crippen LogP contribution in [0.25, 0.3) is 0 Å². The lowest BCUT2D eigenvalue weighted by Crippen LogP contribution is -2.55. The van der Waals surface area contributed by atoms with Crippen molar-refractivity contribution in [3.8, 4) is 0 Å². The van der Waals surface area contributed by atoms with Gasteiger partial charge < -0.3 is 25.7 Å². The predicted molar refractivity (Wildman–Crippen MR) is 36.9 cm³/mol. The molecule has 1 rings (SSSR count). The van der Waals surface area contributed by atoms with Gasteiger partial charge in [0.1, 0.15) is 6.10 Å². The molecular weight excluding hydrogens is 150 g/mol. The van der Waals surface area contributed by atoms with Crippen LogP contribution in [-0.2, 0) is 0 Å². The van der Waals surface area contributed by atoms with Crippen molar-refractivity contribution in [2.24, 2.45) is 0 Å². The topological polar surface area (TPSA) is 93.0 Å². The monoisotopic (exact) mass is 163 g/mol. The summed E-state index contributed by atoms with van der Waals surface area (Å²) in [6.45, 7) is -0.578. The number of hydrogen-bond acceptors (Lipinski definition) is 5. The Morgan fingerprint density at radius 2 is 1.82 bits per heavy atom. The molecule has 0 aromatic rings. The number of aliphatic hydroxyl groups is 4. The minimum Gasteiger partial charge on any atom is -0.394 e. The van der Waals surface area contributed by atoms with Crippen LogP contribution in [0.4, 0.5) is 0 Å². The van der Waals surface area contributed by atoms with E-state index in [1.807, 2.05) is 0 Å². The van der Waals surface area contributed by atoms with Crippen molar-refractivity contribution < 1.29 is 20.4 Å². The Balaban J connectivity index is 2.69. The van der Waals surface area contributed by atoms with E-state index < -0.39 is 17.7 Å². The van der Waals surface area contributed by atoms with Crippen molar-refractivity contribution in [2.75, 3.05) is 19.8 Å². The Labute approximate surface area is 64.3 Å². The maximum Gasteiger partial charge on any atom is 0.104 e. The SMILES string of the molecule is OCC1(CO)NC[C@@H](O)[C@@H]1O. The summed E-state index contributed by atoms with van der Waals surface area (Å²) < 4.78 is 0. The van der Waals surface area contributed by atoms with E-state index in [0.29, 0.717) is 0 Å². The molecule has 0 amide bonds. The van der Waals surface area contributed by atoms with E-state index in [2.05, 4.69) is 5.32 Å². The van der Waals surface area contributed by atoms with Crippen LogP contribution in [-0.4, -0.2) is 57.9 Å². The molecule has 1 aliphatic heterocycles. The van der Waals surface area contributed by atoms with Gasteiger partial charge in [0.15, 0.2) is 0 Å². The lowest BCUT2D eigenvalue weighted by molar-refractivity contribution is -0.0299. The van der Waals surface area contributed by atoms with Crippen molar-refractivity contribution in [3.63, 3.8) is 0 Å². The highest BCUT2D eigenvalue weighted by Crippen LogP contribution is 2.19. The fraction of sp³-hybridized carbons (Fsp3) is 1.00. The number of rotatable bonds is 2. The molecule has 2 atom stereocenters. The van der Waals surface area contributed by atoms with Crippen molar-refractivity contribution in [2.45, 2.75) is 17.7 Å². The summed E-state index contributed by atoms with van der Waals surface area (Å²) in [5.74, 6) is 0. The average Bonchev–Trinajstić information content (AvgIpc) is 2.32. The third-order valence-electron chi connectivity index (χ3n) is 2.16. The van der Waals surface area contributed by atoms with E-state index >= 15 is 0 Å². The quantitative estimate of drug-likeness (QED) is 0.300. The summed E-state index contributed by atoms with van der Waals surface area (Å²) in [4.78, 5) is 0. The Hall–Kier alpha value is -0.200. The molecule has 1 saturated heterocycles. The zero-order chi connectivity index (χ0) is 8.48. The normalized spacial score (nSPS) is 36.0. The molecule has 66 valence electrons. The summed E-state index contributed by atoms with van der Waals surface area (Å²) in [6, 6.07) is 0. The molecule has 5 nitrogen and oxygen atoms in total. The van der Waals surface area contributed by atoms with Crippen LogP contribution < -0.4 is 5.32 Å². The smallest absolute Gasteiger partial charge is 0.104 e. The lowest BCUT2D eigenvalue weighted by Gasteiger charge is -2.28. The average molecular weight is 163 g/mol. The maximum absolute atomic E-state index is 9.28. The molecule has 0 aromatic carbocycles. The van der Waals surface area contributed by atoms with Gasteiger partial charge in [0.2, 0.25) is 0 Å². The van der Waals surface area contributed by atoms with E-state index in [0.717, 1.165) is 0 Å². The molecule has 11 heavy (non-hydrogen) atoms. The summed E-state index contributed by atoms with van der Waals surface area (Å²) in [5, 5.41) is 38.6. The zero-order valence-corrected chi connectivity index (χ0v) is 6.06. The highest BCUT2D eigenvalue weighted by Gasteiger charge is 2.46. The second kappa shape index (κ2) is 3.04. The van der Waals surface area contributed by atoms with Crippen LogP contribution in [0.15, 0.2) is 0 Å². The van der Waals surface area contributed by atoms with Crippen LogP contribution in [0.5, 0.6) is 0 Å². The van der Waals surface area contributed by atoms with Gasteiger partial charge >= 0.3 is 0 Å². The van der Waals surface area contributed by atoms with Crippen LogP contribution in [0, 0.1) is 0 Å². The van der Waals surface area contributed by atoms with Crippen molar-refractivity contribution in [1.29, 1.82) is 0 Å². The van der Waals surface area contributed by atoms with Gasteiger partial charge in [0, 0.05) is 6.54 Å². The standard InChI is InChI=1S/C6H13NO4/c8-2-6(3-9)5(11)4(10)1-7-6/h4-5,7-11H,1-3H2/t4-,5+/m1/s1. The first-order chi connectivity index (χ1) is 5.16. The summed E-state index contributed by atoms with van der Waals surface area (Å²) in [5.41, 5.74) is -1.13. The minimum atomic E-state index is -1.13. The van der Waals surface area contributed by atoms with Crippen LogP contribution in [0.1, 0.15) is 0 Å². The van der Waals surface area contributed by atoms with E-state index in [1.165, 1.54) is 0 Å². The van der Waals surface area contributed by atoms with E-state index in [-0.39, 0.29) is 19.8 Å². The van der Waals surface area contributed by atoms with Crippen molar-refractivity contribution >= 4 is 0 Å². The van der Waals surface area contributed by atoms with Crippen molar-refractivity contribution in [3.05, 3.63) is 0 Å². The number of aliphatic hydroxyl groups excluding tert-OH is 4. The molecule has 1 aliphatic rings. The molecule has 0 radical (unpaired) electrons. The predicted octanol–water partition coefficient (Wildman–Crippen LogP) is -2.97. The van der Waals surface area contributed by atoms with Crippen molar-refractivity contribution in [1.82, 2.24) is 5.32 Å². The highest BCUT2D eigenvalue weighted by atomic mass is 16.3. The van der Waals surface area contributed by atoms with E-state index in [9.17, 15) is 5.11 Å². The number of hydrogen-bond donors (Lipinski definition) is 5. The molecule has 0 saturated carbocycles. The van der Waals surface area contributed by atoms with Crippen LogP contribution in [0.3, 0.4) is 0 Å². The first-order valence-electron chi connectivity index (χ1n) is 3.49. The fourth-order valence-electron chi connectivity index (χ4n) is 1.24. The van der Waals surface area contributed by atoms with Gasteiger partial charge in [0.25, 0.3) is 0 Å². The van der Waals surface area contributed by atoms with Crippen LogP contribution in [0.2, 0.25) is 0 Å². The highest BCUT2D eigenvalue weighted by molar-refractivity contribution is 5.03. The van der Waals surface area contributed by atoms with Gasteiger partial charge in [-0.1, -0.05) is 0 Å². The van der Waals surface area contributed by atoms with Gasteiger partial charge in [-0.3, -0.25) is 0 Å². The van der Waals surface area contributed by atoms with Gasteiger partial charge in [-0.15, -0.1) is 0 Å². The van der Waals surface area contributed by atoms with Gasteiger partial charge in [0.05, 0.1) is 24.9 Å². The molecular formula is C6H13NO4. The number of nitrogens with one attached hydrogen (secondary N) is 1. The summed E-state index contributed by atoms with van der Waals surface area (Å²) >= 11 is 0. The second-order valence-electron chi connectivity index (χ2n) is 2.87. The largest absolute Gasteiger partial charge is 0.394 e. The molecule has 0 unspecified atom stereocenters. The van der Waals surface area contributed by atoms with Gasteiger partial charge in [-0.05, 0) is 0 Å². The first kappa shape index (κ1) is 8.89. The Morgan fingerprint density at radius 1 is 1.27 bits per heavy atom. The zero-order valence-electron chi connectivity index (χ0n) is 6.06. The molecule has 1 heterocycles. The molecule has 0 aliphatic carbocycles. The molecule has 1 fully saturated rings. The molecule has 0 spiro atoms. The Kier molecular flexibility index (Phi) is 2.46. The van der Waals surface area contributed by atoms with Gasteiger partial charge in [-0.2, -0.15) is 0 Å². The first-order valence-corrected chi connectivity index (χ1v) is 3.49. The molecule has 5 N–H and O–H groups in total. The molecule has 5 heteroatoms. The fourth-order valence-corrected chi connectivity index (χ4v) is 1.24. The third kappa shape index (κ3) is 1.25. The van der Waals surface area contributed by atoms with E-state index in [4.69, 9.17) is 15.3 Å². The maximum atomic E-state index is 9.28. The van der Waals surface area contributed by atoms with Crippen LogP contribution >= 0.6 is 0 Å². The number of β-amino-alcohol motifs (C(OH)–C–C–N with tert-alkyl or cyclic N) is 1. The second-order valence-corrected chi connectivity index (χ2v) is 2.87. The van der Waals surface area contributed by atoms with E-state index in [1.54, 1.807) is 0 Å². The third-order valence-corrected chi connectivity index (χ3v) is 2.16. The lowest BCUT2D eigenvalue weighted by atomic mass is 9.96. The molecule has 0 aromatic heterocycles. The summed E-state index contributed by atoms with van der Waals surface area (Å²) in [7, 11) is 0. The summed E-state index contributed by atoms with van der Waals surface area (Å²) in [6.07, 6.45) is -2.01.